The Labute approximate surface area is 150 Å². The number of H-pyrrole nitrogens is 1. The maximum Gasteiger partial charge on any atom is 0.277 e. The lowest BCUT2D eigenvalue weighted by molar-refractivity contribution is 0.0947. The number of aromatic amines is 1. The largest absolute Gasteiger partial charge is 0.346 e. The van der Waals surface area contributed by atoms with E-state index in [2.05, 4.69) is 20.6 Å². The Kier molecular flexibility index (Phi) is 3.91. The molecule has 0 radical (unpaired) electrons. The van der Waals surface area contributed by atoms with Crippen molar-refractivity contribution in [3.63, 3.8) is 0 Å². The van der Waals surface area contributed by atoms with E-state index in [1.807, 2.05) is 13.0 Å². The SMILES string of the molecule is Cc1ccc2c(c1)[nH]c(=O)c1c(C(=O)NCc3cc(F)ccc3F)nnn12. The Bertz CT molecular complexity index is 1260. The molecule has 0 aliphatic carbocycles. The molecular weight excluding hydrogens is 356 g/mol. The number of aromatic nitrogens is 4. The van der Waals surface area contributed by atoms with E-state index in [9.17, 15) is 18.4 Å². The Morgan fingerprint density at radius 1 is 1.22 bits per heavy atom. The molecule has 7 nitrogen and oxygen atoms in total. The maximum absolute atomic E-state index is 13.7. The fourth-order valence-electron chi connectivity index (χ4n) is 2.86. The molecule has 0 atom stereocenters. The van der Waals surface area contributed by atoms with Crippen LogP contribution in [0.4, 0.5) is 8.78 Å². The van der Waals surface area contributed by atoms with Gasteiger partial charge in [0.1, 0.15) is 11.6 Å². The van der Waals surface area contributed by atoms with Gasteiger partial charge in [-0.3, -0.25) is 9.59 Å². The fraction of sp³-hybridized carbons (Fsp3) is 0.111. The van der Waals surface area contributed by atoms with Crippen LogP contribution in [-0.2, 0) is 6.54 Å². The molecule has 0 unspecified atom stereocenters. The van der Waals surface area contributed by atoms with Gasteiger partial charge in [-0.05, 0) is 42.8 Å². The van der Waals surface area contributed by atoms with Crippen LogP contribution in [0, 0.1) is 18.6 Å². The quantitative estimate of drug-likeness (QED) is 0.578. The van der Waals surface area contributed by atoms with Crippen molar-refractivity contribution in [1.82, 2.24) is 25.1 Å². The zero-order chi connectivity index (χ0) is 19.1. The van der Waals surface area contributed by atoms with Gasteiger partial charge in [0.2, 0.25) is 0 Å². The van der Waals surface area contributed by atoms with E-state index in [0.29, 0.717) is 11.0 Å². The maximum atomic E-state index is 13.7. The average molecular weight is 369 g/mol. The van der Waals surface area contributed by atoms with Gasteiger partial charge in [0, 0.05) is 12.1 Å². The van der Waals surface area contributed by atoms with Crippen molar-refractivity contribution < 1.29 is 13.6 Å². The highest BCUT2D eigenvalue weighted by Crippen LogP contribution is 2.15. The molecule has 0 fully saturated rings. The third-order valence-electron chi connectivity index (χ3n) is 4.18. The number of aryl methyl sites for hydroxylation is 1. The lowest BCUT2D eigenvalue weighted by Gasteiger charge is -2.05. The summed E-state index contributed by atoms with van der Waals surface area (Å²) in [4.78, 5) is 27.6. The highest BCUT2D eigenvalue weighted by molar-refractivity contribution is 5.99. The second-order valence-corrected chi connectivity index (χ2v) is 6.09. The summed E-state index contributed by atoms with van der Waals surface area (Å²) in [7, 11) is 0. The summed E-state index contributed by atoms with van der Waals surface area (Å²) < 4.78 is 28.2. The van der Waals surface area contributed by atoms with Gasteiger partial charge in [-0.25, -0.2) is 13.3 Å². The highest BCUT2D eigenvalue weighted by Gasteiger charge is 2.20. The molecule has 27 heavy (non-hydrogen) atoms. The van der Waals surface area contributed by atoms with Gasteiger partial charge in [0.25, 0.3) is 11.5 Å². The first-order valence-corrected chi connectivity index (χ1v) is 8.04. The number of amides is 1. The van der Waals surface area contributed by atoms with Crippen LogP contribution in [0.2, 0.25) is 0 Å². The lowest BCUT2D eigenvalue weighted by Crippen LogP contribution is -2.25. The zero-order valence-electron chi connectivity index (χ0n) is 14.1. The van der Waals surface area contributed by atoms with Crippen molar-refractivity contribution in [2.24, 2.45) is 0 Å². The molecule has 136 valence electrons. The van der Waals surface area contributed by atoms with Gasteiger partial charge in [0.05, 0.1) is 11.0 Å². The third kappa shape index (κ3) is 2.92. The number of hydrogen-bond donors (Lipinski definition) is 2. The Balaban J connectivity index is 1.71. The molecule has 0 saturated carbocycles. The van der Waals surface area contributed by atoms with Crippen LogP contribution < -0.4 is 10.9 Å². The minimum atomic E-state index is -0.717. The van der Waals surface area contributed by atoms with Crippen LogP contribution >= 0.6 is 0 Å². The molecule has 4 rings (SSSR count). The van der Waals surface area contributed by atoms with Crippen molar-refractivity contribution in [3.05, 3.63) is 75.2 Å². The fourth-order valence-corrected chi connectivity index (χ4v) is 2.86. The molecule has 0 aliphatic rings. The van der Waals surface area contributed by atoms with Crippen molar-refractivity contribution >= 4 is 22.5 Å². The van der Waals surface area contributed by atoms with Crippen LogP contribution in [0.1, 0.15) is 21.6 Å². The lowest BCUT2D eigenvalue weighted by atomic mass is 10.2. The molecule has 0 aliphatic heterocycles. The van der Waals surface area contributed by atoms with Crippen LogP contribution in [0.5, 0.6) is 0 Å². The molecule has 4 aromatic rings. The first-order chi connectivity index (χ1) is 12.9. The monoisotopic (exact) mass is 369 g/mol. The molecule has 2 aromatic heterocycles. The van der Waals surface area contributed by atoms with E-state index in [0.717, 1.165) is 23.8 Å². The second-order valence-electron chi connectivity index (χ2n) is 6.09. The van der Waals surface area contributed by atoms with E-state index >= 15 is 0 Å². The highest BCUT2D eigenvalue weighted by atomic mass is 19.1. The van der Waals surface area contributed by atoms with E-state index in [-0.39, 0.29) is 23.3 Å². The minimum Gasteiger partial charge on any atom is -0.346 e. The topological polar surface area (TPSA) is 92.1 Å². The molecule has 9 heteroatoms. The number of benzene rings is 2. The first-order valence-electron chi connectivity index (χ1n) is 8.04. The van der Waals surface area contributed by atoms with Gasteiger partial charge < -0.3 is 10.3 Å². The standard InChI is InChI=1S/C18H13F2N5O2/c1-9-2-5-14-13(6-9)22-18(27)16-15(23-24-25(14)16)17(26)21-8-10-7-11(19)3-4-12(10)20/h2-7H,8H2,1H3,(H,21,26)(H,22,27). The molecule has 2 aromatic carbocycles. The molecule has 0 spiro atoms. The summed E-state index contributed by atoms with van der Waals surface area (Å²) in [6, 6.07) is 8.33. The normalized spacial score (nSPS) is 11.2. The van der Waals surface area contributed by atoms with Crippen LogP contribution in [0.3, 0.4) is 0 Å². The number of carbonyl (C=O) groups excluding carboxylic acids is 1. The summed E-state index contributed by atoms with van der Waals surface area (Å²) in [6.07, 6.45) is 0. The Morgan fingerprint density at radius 2 is 2.04 bits per heavy atom. The summed E-state index contributed by atoms with van der Waals surface area (Å²) in [6.45, 7) is 1.62. The van der Waals surface area contributed by atoms with Crippen LogP contribution in [0.25, 0.3) is 16.6 Å². The van der Waals surface area contributed by atoms with Gasteiger partial charge in [-0.1, -0.05) is 11.3 Å². The molecular formula is C18H13F2N5O2. The summed E-state index contributed by atoms with van der Waals surface area (Å²) in [5.74, 6) is -1.98. The van der Waals surface area contributed by atoms with E-state index in [1.54, 1.807) is 12.1 Å². The van der Waals surface area contributed by atoms with Gasteiger partial charge in [-0.2, -0.15) is 0 Å². The minimum absolute atomic E-state index is 0.0188. The van der Waals surface area contributed by atoms with Crippen LogP contribution in [-0.4, -0.2) is 25.7 Å². The van der Waals surface area contributed by atoms with Gasteiger partial charge in [0.15, 0.2) is 11.2 Å². The summed E-state index contributed by atoms with van der Waals surface area (Å²) >= 11 is 0. The molecule has 1 amide bonds. The predicted octanol–water partition coefficient (Wildman–Crippen LogP) is 2.09. The average Bonchev–Trinajstić information content (AvgIpc) is 3.08. The van der Waals surface area contributed by atoms with Crippen molar-refractivity contribution in [3.8, 4) is 0 Å². The predicted molar refractivity (Wildman–Crippen MR) is 93.4 cm³/mol. The zero-order valence-corrected chi connectivity index (χ0v) is 14.1. The van der Waals surface area contributed by atoms with Crippen molar-refractivity contribution in [1.29, 1.82) is 0 Å². The number of fused-ring (bicyclic) bond motifs is 3. The number of rotatable bonds is 3. The molecule has 2 heterocycles. The summed E-state index contributed by atoms with van der Waals surface area (Å²) in [5, 5.41) is 10.1. The smallest absolute Gasteiger partial charge is 0.277 e. The van der Waals surface area contributed by atoms with E-state index in [1.165, 1.54) is 4.52 Å². The number of carbonyl (C=O) groups is 1. The molecule has 0 saturated heterocycles. The van der Waals surface area contributed by atoms with E-state index < -0.39 is 23.1 Å². The first kappa shape index (κ1) is 16.8. The number of nitrogens with zero attached hydrogens (tertiary/aromatic N) is 3. The molecule has 2 N–H and O–H groups in total. The van der Waals surface area contributed by atoms with Crippen LogP contribution in [0.15, 0.2) is 41.2 Å². The number of halogens is 2. The van der Waals surface area contributed by atoms with Crippen molar-refractivity contribution in [2.45, 2.75) is 13.5 Å². The summed E-state index contributed by atoms with van der Waals surface area (Å²) in [5.41, 5.74) is 1.32. The van der Waals surface area contributed by atoms with Crippen molar-refractivity contribution in [2.75, 3.05) is 0 Å². The Morgan fingerprint density at radius 3 is 2.85 bits per heavy atom. The second kappa shape index (κ2) is 6.27. The van der Waals surface area contributed by atoms with Gasteiger partial charge >= 0.3 is 0 Å². The number of nitrogens with one attached hydrogen (secondary N) is 2. The third-order valence-corrected chi connectivity index (χ3v) is 4.18. The Hall–Kier alpha value is -3.62. The van der Waals surface area contributed by atoms with E-state index in [4.69, 9.17) is 0 Å². The number of hydrogen-bond acceptors (Lipinski definition) is 4. The molecule has 0 bridgehead atoms. The van der Waals surface area contributed by atoms with Gasteiger partial charge in [-0.15, -0.1) is 5.10 Å².